The molecule has 2 aromatic carbocycles. The monoisotopic (exact) mass is 656 g/mol. The minimum atomic E-state index is -4.04. The van der Waals surface area contributed by atoms with Crippen LogP contribution in [0.2, 0.25) is 5.02 Å². The molecule has 2 heterocycles. The summed E-state index contributed by atoms with van der Waals surface area (Å²) >= 11 is 6.38. The highest BCUT2D eigenvalue weighted by Gasteiger charge is 2.49. The Kier molecular flexibility index (Phi) is 8.46. The number of carbonyl (C=O) groups is 2. The van der Waals surface area contributed by atoms with Crippen LogP contribution < -0.4 is 14.4 Å². The molecule has 2 aliphatic heterocycles. The van der Waals surface area contributed by atoms with E-state index in [1.54, 1.807) is 44.2 Å². The second-order valence-electron chi connectivity index (χ2n) is 13.6. The lowest BCUT2D eigenvalue weighted by Crippen LogP contribution is -2.53. The smallest absolute Gasteiger partial charge is 0.306 e. The number of nitrogens with zero attached hydrogens (tertiary/aromatic N) is 1. The largest absolute Gasteiger partial charge is 0.490 e. The van der Waals surface area contributed by atoms with Gasteiger partial charge >= 0.3 is 5.97 Å². The summed E-state index contributed by atoms with van der Waals surface area (Å²) in [7, 11) is -4.04. The van der Waals surface area contributed by atoms with Gasteiger partial charge in [-0.3, -0.25) is 9.59 Å². The number of benzene rings is 2. The maximum atomic E-state index is 13.4. The summed E-state index contributed by atoms with van der Waals surface area (Å²) in [4.78, 5) is 27.6. The highest BCUT2D eigenvalue weighted by Crippen LogP contribution is 2.49. The van der Waals surface area contributed by atoms with Crippen molar-refractivity contribution < 1.29 is 33.0 Å². The van der Waals surface area contributed by atoms with Crippen molar-refractivity contribution in [3.05, 3.63) is 70.3 Å². The fraction of sp³-hybridized carbons (Fsp3) is 0.529. The van der Waals surface area contributed by atoms with Crippen molar-refractivity contribution in [1.82, 2.24) is 4.72 Å². The Morgan fingerprint density at radius 1 is 1.18 bits per heavy atom. The third-order valence-electron chi connectivity index (χ3n) is 10.7. The first kappa shape index (κ1) is 31.9. The number of halogens is 1. The molecule has 1 spiro atoms. The summed E-state index contributed by atoms with van der Waals surface area (Å²) in [5.74, 6) is -1.92. The van der Waals surface area contributed by atoms with Crippen molar-refractivity contribution in [2.45, 2.75) is 75.1 Å². The van der Waals surface area contributed by atoms with Crippen molar-refractivity contribution in [2.75, 3.05) is 24.6 Å². The van der Waals surface area contributed by atoms with Gasteiger partial charge in [-0.1, -0.05) is 36.7 Å². The Morgan fingerprint density at radius 3 is 2.71 bits per heavy atom. The Bertz CT molecular complexity index is 1640. The summed E-state index contributed by atoms with van der Waals surface area (Å²) < 4.78 is 35.3. The zero-order chi connectivity index (χ0) is 32.1. The predicted octanol–water partition coefficient (Wildman–Crippen LogP) is 5.09. The number of carboxylic acid groups (broad SMARTS) is 1. The molecule has 242 valence electrons. The third kappa shape index (κ3) is 6.09. The van der Waals surface area contributed by atoms with E-state index in [4.69, 9.17) is 16.3 Å². The standard InChI is InChI=1S/C34H41ClN2O7S/c1-21-5-3-14-34(41,17-31(38)39)28-10-7-25(28)18-37-19-33(13-4-6-23-15-26(35)9-11-27(23)33)20-44-30-12-8-24(16-29(30)37)32(40)36-45(42,43)22(21)2/h3,8-9,11-12,14-16,21-22,25,28,41H,4-7,10,13,17-20H2,1-2H3,(H,36,40)(H,38,39)/b14-3+/t21-,22+,25-,28+,33-,34-/m0/s1. The van der Waals surface area contributed by atoms with Gasteiger partial charge in [0.05, 0.1) is 29.6 Å². The van der Waals surface area contributed by atoms with Crippen LogP contribution in [0.4, 0.5) is 5.69 Å². The quantitative estimate of drug-likeness (QED) is 0.381. The van der Waals surface area contributed by atoms with Gasteiger partial charge in [0, 0.05) is 29.1 Å². The molecular weight excluding hydrogens is 616 g/mol. The van der Waals surface area contributed by atoms with Crippen LogP contribution in [0.25, 0.3) is 0 Å². The van der Waals surface area contributed by atoms with Gasteiger partial charge in [-0.25, -0.2) is 13.1 Å². The van der Waals surface area contributed by atoms with E-state index in [1.165, 1.54) is 11.1 Å². The zero-order valence-corrected chi connectivity index (χ0v) is 27.2. The van der Waals surface area contributed by atoms with Gasteiger partial charge in [0.2, 0.25) is 10.0 Å². The summed E-state index contributed by atoms with van der Waals surface area (Å²) in [6.07, 6.45) is 7.37. The molecule has 45 heavy (non-hydrogen) atoms. The molecule has 11 heteroatoms. The molecule has 1 saturated carbocycles. The highest BCUT2D eigenvalue weighted by atomic mass is 35.5. The first-order valence-corrected chi connectivity index (χ1v) is 17.7. The lowest BCUT2D eigenvalue weighted by Gasteiger charge is -2.49. The number of aliphatic hydroxyl groups is 1. The van der Waals surface area contributed by atoms with Crippen LogP contribution in [0.5, 0.6) is 5.75 Å². The van der Waals surface area contributed by atoms with E-state index in [1.807, 2.05) is 12.1 Å². The molecule has 2 aromatic rings. The van der Waals surface area contributed by atoms with E-state index in [-0.39, 0.29) is 22.8 Å². The molecule has 0 radical (unpaired) electrons. The normalized spacial score (nSPS) is 33.4. The molecule has 0 unspecified atom stereocenters. The van der Waals surface area contributed by atoms with E-state index < -0.39 is 45.1 Å². The molecule has 9 nitrogen and oxygen atoms in total. The number of nitrogens with one attached hydrogen (secondary N) is 1. The number of fused-ring (bicyclic) bond motifs is 4. The van der Waals surface area contributed by atoms with E-state index in [0.29, 0.717) is 49.0 Å². The van der Waals surface area contributed by atoms with Crippen LogP contribution >= 0.6 is 11.6 Å². The van der Waals surface area contributed by atoms with Crippen molar-refractivity contribution in [2.24, 2.45) is 17.8 Å². The number of rotatable bonds is 2. The molecule has 4 aliphatic rings. The number of aliphatic carboxylic acids is 1. The molecular formula is C34H41ClN2O7S. The average molecular weight is 657 g/mol. The van der Waals surface area contributed by atoms with Gasteiger partial charge in [-0.05, 0) is 105 Å². The lowest BCUT2D eigenvalue weighted by atomic mass is 9.63. The van der Waals surface area contributed by atoms with Crippen LogP contribution in [0, 0.1) is 17.8 Å². The van der Waals surface area contributed by atoms with Gasteiger partial charge in [-0.15, -0.1) is 0 Å². The van der Waals surface area contributed by atoms with Crippen molar-refractivity contribution in [3.8, 4) is 5.75 Å². The fourth-order valence-corrected chi connectivity index (χ4v) is 9.28. The second kappa shape index (κ2) is 11.9. The second-order valence-corrected chi connectivity index (χ2v) is 16.1. The maximum absolute atomic E-state index is 13.4. The van der Waals surface area contributed by atoms with Crippen molar-refractivity contribution in [3.63, 3.8) is 0 Å². The Balaban J connectivity index is 1.46. The molecule has 0 saturated heterocycles. The molecule has 1 amide bonds. The molecule has 3 N–H and O–H groups in total. The van der Waals surface area contributed by atoms with Crippen LogP contribution in [0.3, 0.4) is 0 Å². The van der Waals surface area contributed by atoms with Gasteiger partial charge < -0.3 is 19.8 Å². The van der Waals surface area contributed by atoms with Gasteiger partial charge in [0.25, 0.3) is 5.91 Å². The zero-order valence-electron chi connectivity index (χ0n) is 25.7. The first-order chi connectivity index (χ1) is 21.3. The summed E-state index contributed by atoms with van der Waals surface area (Å²) in [5, 5.41) is 21.4. The number of hydrogen-bond acceptors (Lipinski definition) is 7. The summed E-state index contributed by atoms with van der Waals surface area (Å²) in [5.41, 5.74) is 1.30. The number of allylic oxidation sites excluding steroid dienone is 1. The van der Waals surface area contributed by atoms with E-state index in [9.17, 15) is 28.2 Å². The summed E-state index contributed by atoms with van der Waals surface area (Å²) in [6, 6.07) is 11.0. The van der Waals surface area contributed by atoms with Crippen molar-refractivity contribution >= 4 is 39.2 Å². The molecule has 0 aromatic heterocycles. The number of amides is 1. The number of carbonyl (C=O) groups excluding carboxylic acids is 1. The van der Waals surface area contributed by atoms with Crippen LogP contribution in [-0.4, -0.2) is 61.1 Å². The van der Waals surface area contributed by atoms with E-state index in [0.717, 1.165) is 25.7 Å². The minimum Gasteiger partial charge on any atom is -0.490 e. The van der Waals surface area contributed by atoms with Gasteiger partial charge in [0.15, 0.2) is 0 Å². The van der Waals surface area contributed by atoms with Gasteiger partial charge in [-0.2, -0.15) is 0 Å². The SMILES string of the molecule is C[C@@H]1[C@@H](C)C/C=C/[C@](O)(CC(=O)O)[C@@H]2CC[C@H]2CN2C[C@@]3(CCCc4cc(Cl)ccc43)COc3ccc(cc32)C(=O)NS1(=O)=O. The summed E-state index contributed by atoms with van der Waals surface area (Å²) in [6.45, 7) is 4.81. The molecule has 1 fully saturated rings. The third-order valence-corrected chi connectivity index (χ3v) is 12.8. The minimum absolute atomic E-state index is 0.0163. The molecule has 2 aliphatic carbocycles. The maximum Gasteiger partial charge on any atom is 0.306 e. The Labute approximate surface area is 269 Å². The van der Waals surface area contributed by atoms with E-state index >= 15 is 0 Å². The van der Waals surface area contributed by atoms with E-state index in [2.05, 4.69) is 15.7 Å². The number of ether oxygens (including phenoxy) is 1. The Hall–Kier alpha value is -3.08. The molecule has 6 rings (SSSR count). The topological polar surface area (TPSA) is 133 Å². The molecule has 2 bridgehead atoms. The van der Waals surface area contributed by atoms with Crippen LogP contribution in [0.15, 0.2) is 48.6 Å². The predicted molar refractivity (Wildman–Crippen MR) is 172 cm³/mol. The number of sulfonamides is 1. The fourth-order valence-electron chi connectivity index (χ4n) is 7.81. The highest BCUT2D eigenvalue weighted by molar-refractivity contribution is 7.90. The number of carboxylic acids is 1. The number of aryl methyl sites for hydroxylation is 1. The lowest BCUT2D eigenvalue weighted by molar-refractivity contribution is -0.145. The molecule has 6 atom stereocenters. The Morgan fingerprint density at radius 2 is 1.98 bits per heavy atom. The average Bonchev–Trinajstić information content (AvgIpc) is 3.10. The number of hydrogen-bond donors (Lipinski definition) is 3. The van der Waals surface area contributed by atoms with Crippen LogP contribution in [0.1, 0.15) is 73.9 Å². The van der Waals surface area contributed by atoms with Crippen molar-refractivity contribution in [1.29, 1.82) is 0 Å². The first-order valence-electron chi connectivity index (χ1n) is 15.8. The van der Waals surface area contributed by atoms with Gasteiger partial charge in [0.1, 0.15) is 5.75 Å². The van der Waals surface area contributed by atoms with Crippen LogP contribution in [-0.2, 0) is 26.7 Å². The number of anilines is 1.